The van der Waals surface area contributed by atoms with Gasteiger partial charge in [-0.1, -0.05) is 6.42 Å². The van der Waals surface area contributed by atoms with Crippen molar-refractivity contribution in [2.24, 2.45) is 17.8 Å². The molecule has 2 bridgehead atoms. The molecule has 0 spiro atoms. The number of sulfonamides is 1. The lowest BCUT2D eigenvalue weighted by atomic mass is 9.86. The largest absolute Gasteiger partial charge is 0.493 e. The third-order valence-corrected chi connectivity index (χ3v) is 6.62. The lowest BCUT2D eigenvalue weighted by Gasteiger charge is -2.20. The van der Waals surface area contributed by atoms with Gasteiger partial charge in [-0.3, -0.25) is 4.79 Å². The highest BCUT2D eigenvalue weighted by Gasteiger charge is 2.40. The Balaban J connectivity index is 1.68. The molecular weight excluding hydrogens is 330 g/mol. The van der Waals surface area contributed by atoms with Crippen LogP contribution in [-0.2, 0) is 14.8 Å². The molecule has 1 N–H and O–H groups in total. The van der Waals surface area contributed by atoms with Crippen molar-refractivity contribution in [3.05, 3.63) is 18.2 Å². The average Bonchev–Trinajstić information content (AvgIpc) is 3.16. The summed E-state index contributed by atoms with van der Waals surface area (Å²) in [6, 6.07) is 4.26. The van der Waals surface area contributed by atoms with Crippen LogP contribution in [0.4, 0.5) is 0 Å². The summed E-state index contributed by atoms with van der Waals surface area (Å²) in [4.78, 5) is 12.2. The van der Waals surface area contributed by atoms with Crippen LogP contribution in [0.2, 0.25) is 0 Å². The Labute approximate surface area is 142 Å². The van der Waals surface area contributed by atoms with Crippen molar-refractivity contribution in [2.45, 2.75) is 37.0 Å². The maximum atomic E-state index is 12.4. The van der Waals surface area contributed by atoms with Crippen LogP contribution in [0.3, 0.4) is 0 Å². The fraction of sp³-hybridized carbons (Fsp3) is 0.588. The number of methoxy groups -OCH3 is 2. The van der Waals surface area contributed by atoms with Crippen LogP contribution in [0.5, 0.6) is 11.5 Å². The minimum atomic E-state index is -3.91. The monoisotopic (exact) mass is 353 g/mol. The molecule has 132 valence electrons. The first-order valence-electron chi connectivity index (χ1n) is 8.20. The predicted octanol–water partition coefficient (Wildman–Crippen LogP) is 2.33. The quantitative estimate of drug-likeness (QED) is 0.849. The SMILES string of the molecule is COc1ccc(S(=O)(=O)NC(=O)CC2CC3CCC2C3)cc1OC. The Hall–Kier alpha value is -1.76. The second-order valence-corrected chi connectivity index (χ2v) is 8.37. The molecule has 0 aliphatic heterocycles. The zero-order chi connectivity index (χ0) is 17.3. The first-order chi connectivity index (χ1) is 11.4. The van der Waals surface area contributed by atoms with Gasteiger partial charge < -0.3 is 9.47 Å². The van der Waals surface area contributed by atoms with Crippen LogP contribution in [0.1, 0.15) is 32.1 Å². The van der Waals surface area contributed by atoms with Crippen LogP contribution in [0.25, 0.3) is 0 Å². The first-order valence-corrected chi connectivity index (χ1v) is 9.69. The van der Waals surface area contributed by atoms with Crippen LogP contribution in [0, 0.1) is 17.8 Å². The number of benzene rings is 1. The van der Waals surface area contributed by atoms with E-state index in [1.807, 2.05) is 0 Å². The van der Waals surface area contributed by atoms with E-state index in [0.29, 0.717) is 23.3 Å². The Morgan fingerprint density at radius 1 is 1.17 bits per heavy atom. The number of amides is 1. The molecular formula is C17H23NO5S. The van der Waals surface area contributed by atoms with Gasteiger partial charge in [0.15, 0.2) is 11.5 Å². The molecule has 3 unspecified atom stereocenters. The van der Waals surface area contributed by atoms with Gasteiger partial charge in [0.25, 0.3) is 10.0 Å². The summed E-state index contributed by atoms with van der Waals surface area (Å²) in [5.74, 6) is 1.96. The number of fused-ring (bicyclic) bond motifs is 2. The molecule has 3 atom stereocenters. The van der Waals surface area contributed by atoms with Gasteiger partial charge in [0.1, 0.15) is 0 Å². The van der Waals surface area contributed by atoms with Gasteiger partial charge in [0.2, 0.25) is 5.91 Å². The highest BCUT2D eigenvalue weighted by molar-refractivity contribution is 7.90. The van der Waals surface area contributed by atoms with E-state index in [1.165, 1.54) is 51.7 Å². The van der Waals surface area contributed by atoms with E-state index in [1.54, 1.807) is 0 Å². The maximum absolute atomic E-state index is 12.4. The van der Waals surface area contributed by atoms with E-state index in [-0.39, 0.29) is 11.3 Å². The van der Waals surface area contributed by atoms with Crippen molar-refractivity contribution in [3.8, 4) is 11.5 Å². The fourth-order valence-electron chi connectivity index (χ4n) is 4.10. The molecule has 1 aromatic carbocycles. The Morgan fingerprint density at radius 2 is 1.92 bits per heavy atom. The van der Waals surface area contributed by atoms with Crippen molar-refractivity contribution in [1.82, 2.24) is 4.72 Å². The number of hydrogen-bond donors (Lipinski definition) is 1. The van der Waals surface area contributed by atoms with E-state index in [2.05, 4.69) is 4.72 Å². The zero-order valence-electron chi connectivity index (χ0n) is 13.9. The van der Waals surface area contributed by atoms with Gasteiger partial charge in [-0.2, -0.15) is 0 Å². The highest BCUT2D eigenvalue weighted by Crippen LogP contribution is 2.49. The van der Waals surface area contributed by atoms with Gasteiger partial charge in [-0.05, 0) is 49.1 Å². The molecule has 0 aromatic heterocycles. The van der Waals surface area contributed by atoms with Crippen molar-refractivity contribution < 1.29 is 22.7 Å². The molecule has 2 aliphatic rings. The van der Waals surface area contributed by atoms with Crippen molar-refractivity contribution >= 4 is 15.9 Å². The number of hydrogen-bond acceptors (Lipinski definition) is 5. The normalized spacial score (nSPS) is 25.5. The minimum absolute atomic E-state index is 0.0126. The highest BCUT2D eigenvalue weighted by atomic mass is 32.2. The molecule has 7 heteroatoms. The molecule has 2 saturated carbocycles. The second-order valence-electron chi connectivity index (χ2n) is 6.68. The van der Waals surface area contributed by atoms with Crippen LogP contribution < -0.4 is 14.2 Å². The first kappa shape index (κ1) is 17.1. The Morgan fingerprint density at radius 3 is 2.50 bits per heavy atom. The third-order valence-electron chi connectivity index (χ3n) is 5.25. The summed E-state index contributed by atoms with van der Waals surface area (Å²) in [6.07, 6.45) is 4.96. The lowest BCUT2D eigenvalue weighted by molar-refractivity contribution is -0.120. The van der Waals surface area contributed by atoms with E-state index < -0.39 is 15.9 Å². The van der Waals surface area contributed by atoms with E-state index in [9.17, 15) is 13.2 Å². The molecule has 0 saturated heterocycles. The summed E-state index contributed by atoms with van der Waals surface area (Å²) in [5.41, 5.74) is 0. The molecule has 0 heterocycles. The number of ether oxygens (including phenoxy) is 2. The molecule has 2 fully saturated rings. The summed E-state index contributed by atoms with van der Waals surface area (Å²) < 4.78 is 37.2. The van der Waals surface area contributed by atoms with Crippen LogP contribution in [-0.4, -0.2) is 28.5 Å². The fourth-order valence-corrected chi connectivity index (χ4v) is 5.11. The number of carbonyl (C=O) groups is 1. The molecule has 24 heavy (non-hydrogen) atoms. The van der Waals surface area contributed by atoms with E-state index in [0.717, 1.165) is 12.3 Å². The van der Waals surface area contributed by atoms with Crippen molar-refractivity contribution in [1.29, 1.82) is 0 Å². The summed E-state index contributed by atoms with van der Waals surface area (Å²) in [6.45, 7) is 0. The van der Waals surface area contributed by atoms with Crippen LogP contribution in [0.15, 0.2) is 23.1 Å². The summed E-state index contributed by atoms with van der Waals surface area (Å²) in [5, 5.41) is 0. The second kappa shape index (κ2) is 6.63. The third kappa shape index (κ3) is 3.36. The van der Waals surface area contributed by atoms with Gasteiger partial charge in [0.05, 0.1) is 19.1 Å². The maximum Gasteiger partial charge on any atom is 0.264 e. The Kier molecular flexibility index (Phi) is 4.71. The molecule has 3 rings (SSSR count). The standard InChI is InChI=1S/C17H23NO5S/c1-22-15-6-5-14(10-16(15)23-2)24(20,21)18-17(19)9-13-8-11-3-4-12(13)7-11/h5-6,10-13H,3-4,7-9H2,1-2H3,(H,18,19). The Bertz CT molecular complexity index is 730. The zero-order valence-corrected chi connectivity index (χ0v) is 14.8. The molecule has 1 aromatic rings. The van der Waals surface area contributed by atoms with Gasteiger partial charge in [-0.15, -0.1) is 0 Å². The number of nitrogens with one attached hydrogen (secondary N) is 1. The van der Waals surface area contributed by atoms with Gasteiger partial charge in [-0.25, -0.2) is 13.1 Å². The smallest absolute Gasteiger partial charge is 0.264 e. The minimum Gasteiger partial charge on any atom is -0.493 e. The predicted molar refractivity (Wildman–Crippen MR) is 88.4 cm³/mol. The molecule has 2 aliphatic carbocycles. The molecule has 0 radical (unpaired) electrons. The van der Waals surface area contributed by atoms with Crippen molar-refractivity contribution in [2.75, 3.05) is 14.2 Å². The number of carbonyl (C=O) groups excluding carboxylic acids is 1. The van der Waals surface area contributed by atoms with E-state index >= 15 is 0 Å². The topological polar surface area (TPSA) is 81.7 Å². The summed E-state index contributed by atoms with van der Waals surface area (Å²) >= 11 is 0. The van der Waals surface area contributed by atoms with Gasteiger partial charge in [0, 0.05) is 12.5 Å². The van der Waals surface area contributed by atoms with Crippen molar-refractivity contribution in [3.63, 3.8) is 0 Å². The number of rotatable bonds is 6. The van der Waals surface area contributed by atoms with Crippen LogP contribution >= 0.6 is 0 Å². The van der Waals surface area contributed by atoms with E-state index in [4.69, 9.17) is 9.47 Å². The summed E-state index contributed by atoms with van der Waals surface area (Å²) in [7, 11) is -0.999. The molecule has 1 amide bonds. The molecule has 6 nitrogen and oxygen atoms in total. The average molecular weight is 353 g/mol. The van der Waals surface area contributed by atoms with Gasteiger partial charge >= 0.3 is 0 Å². The lowest BCUT2D eigenvalue weighted by Crippen LogP contribution is -2.32.